The summed E-state index contributed by atoms with van der Waals surface area (Å²) in [5.74, 6) is 0.649. The highest BCUT2D eigenvalue weighted by atomic mass is 35.5. The number of aromatic nitrogens is 6. The molecule has 2 unspecified atom stereocenters. The second-order valence-corrected chi connectivity index (χ2v) is 45.0. The van der Waals surface area contributed by atoms with E-state index in [1.807, 2.05) is 64.1 Å². The molecule has 654 valence electrons. The maximum atomic E-state index is 13.9. The zero-order valence-electron chi connectivity index (χ0n) is 68.4. The van der Waals surface area contributed by atoms with Crippen molar-refractivity contribution in [1.29, 1.82) is 5.41 Å². The molecule has 1 amide bonds. The van der Waals surface area contributed by atoms with Crippen LogP contribution in [0.25, 0.3) is 31.7 Å². The third-order valence-corrected chi connectivity index (χ3v) is 36.2. The van der Waals surface area contributed by atoms with Crippen molar-refractivity contribution in [3.63, 3.8) is 0 Å². The van der Waals surface area contributed by atoms with Crippen LogP contribution in [0.2, 0.25) is 5.02 Å². The smallest absolute Gasteiger partial charge is 0.282 e. The minimum atomic E-state index is -3.60. The molecule has 0 bridgehead atoms. The van der Waals surface area contributed by atoms with E-state index in [1.165, 1.54) is 62.4 Å². The van der Waals surface area contributed by atoms with Crippen molar-refractivity contribution in [2.45, 2.75) is 104 Å². The number of piperazine rings is 1. The largest absolute Gasteiger partial charge is 0.492 e. The Morgan fingerprint density at radius 3 is 1.74 bits per heavy atom. The molecule has 0 radical (unpaired) electrons. The van der Waals surface area contributed by atoms with Crippen LogP contribution in [0.1, 0.15) is 86.6 Å². The highest BCUT2D eigenvalue weighted by Crippen LogP contribution is 2.41. The predicted molar refractivity (Wildman–Crippen MR) is 485 cm³/mol. The van der Waals surface area contributed by atoms with E-state index >= 15 is 0 Å². The number of likely N-dealkylation sites (tertiary alicyclic amines) is 1. The van der Waals surface area contributed by atoms with Gasteiger partial charge in [-0.15, -0.1) is 39.1 Å². The fourth-order valence-electron chi connectivity index (χ4n) is 15.4. The number of fused-ring (bicyclic) bond motifs is 3. The zero-order valence-corrected chi connectivity index (χ0v) is 75.6. The molecule has 17 rings (SSSR count). The lowest BCUT2D eigenvalue weighted by molar-refractivity contribution is -0.114. The molecule has 0 saturated carbocycles. The van der Waals surface area contributed by atoms with Gasteiger partial charge < -0.3 is 10.1 Å². The van der Waals surface area contributed by atoms with Gasteiger partial charge >= 0.3 is 0 Å². The number of hydrazone groups is 1. The minimum absolute atomic E-state index is 0.0405. The zero-order chi connectivity index (χ0) is 87.6. The van der Waals surface area contributed by atoms with Gasteiger partial charge in [-0.05, 0) is 208 Å². The molecule has 2 atom stereocenters. The lowest BCUT2D eigenvalue weighted by Crippen LogP contribution is -2.49. The number of aliphatic imine (C=N–C) groups is 1. The molecule has 13 heterocycles. The van der Waals surface area contributed by atoms with Crippen molar-refractivity contribution >= 4 is 124 Å². The number of anilines is 1. The monoisotopic (exact) mass is 1860 g/mol. The first-order chi connectivity index (χ1) is 59.4. The molecular weight excluding hydrogens is 1760 g/mol. The molecular formula is C85H94ClFN16O13S8. The number of hydrogen-bond donors (Lipinski definition) is 5. The quantitative estimate of drug-likeness (QED) is 0.0393. The lowest BCUT2D eigenvalue weighted by atomic mass is 9.92. The fourth-order valence-corrected chi connectivity index (χ4v) is 26.9. The molecule has 5 N–H and O–H groups in total. The average Bonchev–Trinajstić information content (AvgIpc) is 1.61. The maximum absolute atomic E-state index is 13.9. The summed E-state index contributed by atoms with van der Waals surface area (Å²) in [5, 5.41) is 37.0. The Labute approximate surface area is 740 Å². The number of ether oxygens (including phenoxy) is 1. The Kier molecular flexibility index (Phi) is 29.4. The Balaban J connectivity index is 0.000000135. The van der Waals surface area contributed by atoms with Gasteiger partial charge in [-0.25, -0.2) is 53.4 Å². The Bertz CT molecular complexity index is 6250. The van der Waals surface area contributed by atoms with E-state index in [9.17, 15) is 57.2 Å². The lowest BCUT2D eigenvalue weighted by Gasteiger charge is -2.36. The molecule has 3 saturated heterocycles. The Hall–Kier alpha value is -9.39. The van der Waals surface area contributed by atoms with Gasteiger partial charge in [0.15, 0.2) is 15.7 Å². The number of amidine groups is 2. The van der Waals surface area contributed by atoms with Gasteiger partial charge in [0.05, 0.1) is 31.7 Å². The fraction of sp³-hybridized carbons (Fsp3) is 0.365. The van der Waals surface area contributed by atoms with Crippen LogP contribution in [0.5, 0.6) is 5.75 Å². The molecule has 6 aromatic heterocycles. The number of rotatable bonds is 22. The van der Waals surface area contributed by atoms with Crippen LogP contribution < -0.4 is 26.7 Å². The topological polar surface area (TPSA) is 380 Å². The van der Waals surface area contributed by atoms with Crippen LogP contribution >= 0.6 is 57.4 Å². The highest BCUT2D eigenvalue weighted by Gasteiger charge is 2.42. The van der Waals surface area contributed by atoms with Crippen molar-refractivity contribution in [2.24, 2.45) is 27.8 Å². The number of piperidine rings is 2. The van der Waals surface area contributed by atoms with E-state index in [0.717, 1.165) is 127 Å². The number of hydrogen-bond acceptors (Lipinski definition) is 26. The van der Waals surface area contributed by atoms with E-state index in [0.29, 0.717) is 117 Å². The van der Waals surface area contributed by atoms with Crippen molar-refractivity contribution in [2.75, 3.05) is 95.4 Å². The summed E-state index contributed by atoms with van der Waals surface area (Å²) >= 11 is 10.2. The third kappa shape index (κ3) is 22.7. The molecule has 39 heteroatoms. The summed E-state index contributed by atoms with van der Waals surface area (Å²) in [6, 6.07) is 47.7. The van der Waals surface area contributed by atoms with Crippen LogP contribution in [-0.4, -0.2) is 210 Å². The number of sulfone groups is 2. The number of thioether (sulfide) groups is 1. The van der Waals surface area contributed by atoms with Crippen molar-refractivity contribution < 1.29 is 47.6 Å². The van der Waals surface area contributed by atoms with Crippen LogP contribution in [0.3, 0.4) is 0 Å². The summed E-state index contributed by atoms with van der Waals surface area (Å²) in [6.45, 7) is 17.5. The number of nitrogens with one attached hydrogen (secondary N) is 5. The first-order valence-corrected chi connectivity index (χ1v) is 50.4. The second-order valence-electron chi connectivity index (χ2n) is 31.5. The number of sulfonamides is 2. The summed E-state index contributed by atoms with van der Waals surface area (Å²) in [7, 11) is -14.0. The van der Waals surface area contributed by atoms with Crippen molar-refractivity contribution in [3.05, 3.63) is 245 Å². The highest BCUT2D eigenvalue weighted by molar-refractivity contribution is 8.42. The number of halogens is 2. The van der Waals surface area contributed by atoms with Gasteiger partial charge in [0, 0.05) is 118 Å². The Morgan fingerprint density at radius 1 is 0.605 bits per heavy atom. The summed E-state index contributed by atoms with van der Waals surface area (Å²) < 4.78 is 127. The van der Waals surface area contributed by atoms with E-state index in [2.05, 4.69) is 91.0 Å². The first-order valence-electron chi connectivity index (χ1n) is 40.5. The number of aromatic amines is 3. The summed E-state index contributed by atoms with van der Waals surface area (Å²) in [6.07, 6.45) is 7.06. The standard InChI is InChI=1S/C23H26N4O3S2.C22H24FN3O3S2.C20H21ClN4O4S2.C20H23N5O3S2/c28-22-7-5-20(24-25-22)21-6-8-23(31-21)32(29,30)27-13-9-17(10-14-27)15-26-12-11-18-3-1-2-4-19(18)16-26;23-18-4-2-1-3-17(18)15-26-12-9-16(10-13-26)11-14-31(28,29)22-8-6-20(30-22)19-5-7-21(27)25-24-19;21-15-1-3-16(4-2-15)29-14-13-24-9-11-25(12-10-24)31(27,28)20-8-6-18(30-20)17-5-7-19(26)23-22-17;1-10(2)9-30(27,28)20-24-25-17(21)15(18(26)23-19(25)29-20)8-14-12(4)22-16-7-11(3)5-6-13(14)16/h1-8,17H,9-16H2,(H,25,28);1-8,16H,9-15H2,(H,25,27);1-8H,9-14H2,(H,23,26);5-8,10,12,14,21-22H,9H2,1-4H3/b;;;15-8-,21-17?. The average molecular weight is 1860 g/mol. The van der Waals surface area contributed by atoms with E-state index in [4.69, 9.17) is 21.7 Å². The number of aryl methyl sites for hydroxylation is 1. The number of carbonyl (C=O) groups excluding carboxylic acids is 1. The molecule has 29 nitrogen and oxygen atoms in total. The second kappa shape index (κ2) is 40.1. The van der Waals surface area contributed by atoms with Crippen molar-refractivity contribution in [1.82, 2.24) is 58.9 Å². The molecule has 0 aliphatic carbocycles. The number of nitrogens with zero attached hydrogens (tertiary/aromatic N) is 11. The van der Waals surface area contributed by atoms with Crippen LogP contribution in [-0.2, 0) is 64.0 Å². The summed E-state index contributed by atoms with van der Waals surface area (Å²) in [5.41, 5.74) is 7.68. The molecule has 0 spiro atoms. The third-order valence-electron chi connectivity index (χ3n) is 22.1. The van der Waals surface area contributed by atoms with E-state index in [-0.39, 0.29) is 77.0 Å². The number of H-pyrrole nitrogens is 3. The number of amides is 1. The van der Waals surface area contributed by atoms with Gasteiger partial charge in [0.2, 0.25) is 19.4 Å². The van der Waals surface area contributed by atoms with Crippen LogP contribution in [0.15, 0.2) is 213 Å². The first kappa shape index (κ1) is 90.8. The number of thiophene rings is 3. The van der Waals surface area contributed by atoms with Gasteiger partial charge in [0.25, 0.3) is 42.6 Å². The van der Waals surface area contributed by atoms with Gasteiger partial charge in [-0.3, -0.25) is 39.3 Å². The molecule has 7 aliphatic heterocycles. The Morgan fingerprint density at radius 2 is 1.16 bits per heavy atom. The predicted octanol–water partition coefficient (Wildman–Crippen LogP) is 12.3. The van der Waals surface area contributed by atoms with Crippen LogP contribution in [0, 0.1) is 35.9 Å². The van der Waals surface area contributed by atoms with Crippen molar-refractivity contribution in [3.8, 4) is 37.5 Å². The number of carbonyl (C=O) groups is 1. The SMILES string of the molecule is Cc1ccc2c(c1)NC(C)C2/C=C1/C(=N)N2N=C(S(=O)(=O)CC(C)C)SC2=NC1=O.O=c1ccc(-c2ccc(S(=O)(=O)CCC3CCN(Cc4ccccc4F)CC3)s2)n[nH]1.O=c1ccc(-c2ccc(S(=O)(=O)N3CCC(CN4CCc5ccccc5C4)CC3)s2)n[nH]1.O=c1ccc(-c2ccc(S(=O)(=O)N3CCN(CCOc4ccc(Cl)cc4)CC3)s2)n[nH]1. The molecule has 4 aromatic carbocycles. The van der Waals surface area contributed by atoms with Crippen LogP contribution in [0.4, 0.5) is 10.1 Å². The molecule has 7 aliphatic rings. The van der Waals surface area contributed by atoms with Gasteiger partial charge in [0.1, 0.15) is 47.9 Å². The van der Waals surface area contributed by atoms with E-state index < -0.39 is 45.6 Å². The molecule has 3 fully saturated rings. The van der Waals surface area contributed by atoms with Gasteiger partial charge in [-0.1, -0.05) is 86.1 Å². The maximum Gasteiger partial charge on any atom is 0.282 e. The normalized spacial score (nSPS) is 18.7. The van der Waals surface area contributed by atoms with E-state index in [1.54, 1.807) is 83.2 Å². The summed E-state index contributed by atoms with van der Waals surface area (Å²) in [4.78, 5) is 59.3. The minimum Gasteiger partial charge on any atom is -0.492 e. The van der Waals surface area contributed by atoms with Gasteiger partial charge in [-0.2, -0.15) is 33.9 Å². The molecule has 10 aromatic rings. The molecule has 124 heavy (non-hydrogen) atoms. The number of benzene rings is 4.